The number of benzene rings is 2. The molecule has 112 valence electrons. The second-order valence-corrected chi connectivity index (χ2v) is 5.27. The molecule has 22 heavy (non-hydrogen) atoms. The zero-order valence-electron chi connectivity index (χ0n) is 12.2. The third kappa shape index (κ3) is 3.83. The molecule has 0 spiro atoms. The number of ether oxygens (including phenoxy) is 2. The summed E-state index contributed by atoms with van der Waals surface area (Å²) in [6, 6.07) is 19.1. The van der Waals surface area contributed by atoms with Gasteiger partial charge in [-0.3, -0.25) is 0 Å². The zero-order valence-corrected chi connectivity index (χ0v) is 12.2. The van der Waals surface area contributed by atoms with Gasteiger partial charge < -0.3 is 9.47 Å². The zero-order chi connectivity index (χ0) is 15.2. The van der Waals surface area contributed by atoms with Crippen LogP contribution in [0.5, 0.6) is 0 Å². The van der Waals surface area contributed by atoms with Crippen LogP contribution in [0.4, 0.5) is 0 Å². The summed E-state index contributed by atoms with van der Waals surface area (Å²) < 4.78 is 11.3. The predicted octanol–water partition coefficient (Wildman–Crippen LogP) is 3.76. The molecule has 0 bridgehead atoms. The van der Waals surface area contributed by atoms with Crippen LogP contribution in [-0.2, 0) is 16.1 Å². The minimum atomic E-state index is -0.293. The molecule has 0 saturated carbocycles. The highest BCUT2D eigenvalue weighted by Crippen LogP contribution is 2.20. The average molecular weight is 294 g/mol. The molecule has 0 heterocycles. The SMILES string of the molecule is O=C(O[C@H]1C=C[C@@H](OCc2ccccc2)C1)c1ccccc1. The van der Waals surface area contributed by atoms with Crippen molar-refractivity contribution in [1.29, 1.82) is 0 Å². The van der Waals surface area contributed by atoms with Crippen LogP contribution in [0.25, 0.3) is 0 Å². The predicted molar refractivity (Wildman–Crippen MR) is 84.4 cm³/mol. The number of rotatable bonds is 5. The highest BCUT2D eigenvalue weighted by Gasteiger charge is 2.23. The van der Waals surface area contributed by atoms with Gasteiger partial charge in [0.2, 0.25) is 0 Å². The van der Waals surface area contributed by atoms with Crippen molar-refractivity contribution in [2.24, 2.45) is 0 Å². The topological polar surface area (TPSA) is 35.5 Å². The van der Waals surface area contributed by atoms with E-state index in [4.69, 9.17) is 9.47 Å². The normalized spacial score (nSPS) is 20.0. The molecule has 0 aliphatic heterocycles. The summed E-state index contributed by atoms with van der Waals surface area (Å²) in [5, 5.41) is 0. The van der Waals surface area contributed by atoms with Crippen molar-refractivity contribution < 1.29 is 14.3 Å². The van der Waals surface area contributed by atoms with Gasteiger partial charge in [0, 0.05) is 6.42 Å². The quantitative estimate of drug-likeness (QED) is 0.622. The highest BCUT2D eigenvalue weighted by atomic mass is 16.5. The van der Waals surface area contributed by atoms with Crippen LogP contribution in [0.1, 0.15) is 22.3 Å². The molecule has 0 amide bonds. The molecular formula is C19H18O3. The van der Waals surface area contributed by atoms with E-state index in [2.05, 4.69) is 0 Å². The number of hydrogen-bond donors (Lipinski definition) is 0. The minimum absolute atomic E-state index is 0.00576. The lowest BCUT2D eigenvalue weighted by molar-refractivity contribution is 0.0219. The van der Waals surface area contributed by atoms with Gasteiger partial charge in [-0.05, 0) is 23.8 Å². The Balaban J connectivity index is 1.47. The van der Waals surface area contributed by atoms with Gasteiger partial charge in [-0.15, -0.1) is 0 Å². The van der Waals surface area contributed by atoms with E-state index in [-0.39, 0.29) is 18.2 Å². The summed E-state index contributed by atoms with van der Waals surface area (Å²) in [5.74, 6) is -0.293. The summed E-state index contributed by atoms with van der Waals surface area (Å²) >= 11 is 0. The first-order chi connectivity index (χ1) is 10.8. The van der Waals surface area contributed by atoms with E-state index in [1.807, 2.05) is 60.7 Å². The van der Waals surface area contributed by atoms with Crippen molar-refractivity contribution in [3.8, 4) is 0 Å². The summed E-state index contributed by atoms with van der Waals surface area (Å²) in [6.45, 7) is 0.565. The van der Waals surface area contributed by atoms with E-state index >= 15 is 0 Å². The third-order valence-electron chi connectivity index (χ3n) is 3.58. The van der Waals surface area contributed by atoms with Gasteiger partial charge in [-0.25, -0.2) is 4.79 Å². The summed E-state index contributed by atoms with van der Waals surface area (Å²) in [4.78, 5) is 12.0. The lowest BCUT2D eigenvalue weighted by atomic mass is 10.2. The van der Waals surface area contributed by atoms with Gasteiger partial charge in [0.15, 0.2) is 0 Å². The molecule has 0 radical (unpaired) electrons. The number of esters is 1. The molecule has 0 saturated heterocycles. The van der Waals surface area contributed by atoms with Crippen molar-refractivity contribution in [1.82, 2.24) is 0 Å². The summed E-state index contributed by atoms with van der Waals surface area (Å²) in [7, 11) is 0. The third-order valence-corrected chi connectivity index (χ3v) is 3.58. The Labute approximate surface area is 130 Å². The van der Waals surface area contributed by atoms with Crippen LogP contribution >= 0.6 is 0 Å². The molecule has 2 atom stereocenters. The van der Waals surface area contributed by atoms with Crippen LogP contribution in [0.15, 0.2) is 72.8 Å². The maximum atomic E-state index is 12.0. The Morgan fingerprint density at radius 2 is 1.55 bits per heavy atom. The molecule has 0 aromatic heterocycles. The van der Waals surface area contributed by atoms with E-state index in [1.54, 1.807) is 12.1 Å². The fraction of sp³-hybridized carbons (Fsp3) is 0.211. The molecule has 0 N–H and O–H groups in total. The molecular weight excluding hydrogens is 276 g/mol. The van der Waals surface area contributed by atoms with E-state index in [0.29, 0.717) is 18.6 Å². The van der Waals surface area contributed by atoms with Gasteiger partial charge in [0.1, 0.15) is 6.10 Å². The van der Waals surface area contributed by atoms with E-state index in [1.165, 1.54) is 0 Å². The fourth-order valence-electron chi connectivity index (χ4n) is 2.40. The fourth-order valence-corrected chi connectivity index (χ4v) is 2.40. The van der Waals surface area contributed by atoms with Crippen LogP contribution in [0, 0.1) is 0 Å². The molecule has 3 nitrogen and oxygen atoms in total. The van der Waals surface area contributed by atoms with Crippen molar-refractivity contribution >= 4 is 5.97 Å². The lowest BCUT2D eigenvalue weighted by Crippen LogP contribution is -2.18. The Hall–Kier alpha value is -2.39. The molecule has 0 fully saturated rings. The van der Waals surface area contributed by atoms with Crippen LogP contribution in [-0.4, -0.2) is 18.2 Å². The number of carbonyl (C=O) groups is 1. The van der Waals surface area contributed by atoms with Crippen molar-refractivity contribution in [2.45, 2.75) is 25.2 Å². The van der Waals surface area contributed by atoms with E-state index in [0.717, 1.165) is 5.56 Å². The first-order valence-electron chi connectivity index (χ1n) is 7.41. The monoisotopic (exact) mass is 294 g/mol. The maximum absolute atomic E-state index is 12.0. The number of carbonyl (C=O) groups excluding carboxylic acids is 1. The molecule has 3 heteroatoms. The molecule has 3 rings (SSSR count). The smallest absolute Gasteiger partial charge is 0.338 e. The molecule has 1 aliphatic rings. The van der Waals surface area contributed by atoms with Crippen LogP contribution in [0.2, 0.25) is 0 Å². The lowest BCUT2D eigenvalue weighted by Gasteiger charge is -2.14. The largest absolute Gasteiger partial charge is 0.454 e. The Morgan fingerprint density at radius 1 is 0.909 bits per heavy atom. The van der Waals surface area contributed by atoms with Gasteiger partial charge in [0.25, 0.3) is 0 Å². The van der Waals surface area contributed by atoms with E-state index in [9.17, 15) is 4.79 Å². The maximum Gasteiger partial charge on any atom is 0.338 e. The molecule has 0 unspecified atom stereocenters. The van der Waals surface area contributed by atoms with Gasteiger partial charge in [-0.2, -0.15) is 0 Å². The van der Waals surface area contributed by atoms with Crippen molar-refractivity contribution in [2.75, 3.05) is 0 Å². The molecule has 1 aliphatic carbocycles. The van der Waals surface area contributed by atoms with Crippen molar-refractivity contribution in [3.63, 3.8) is 0 Å². The van der Waals surface area contributed by atoms with Crippen LogP contribution in [0.3, 0.4) is 0 Å². The van der Waals surface area contributed by atoms with Gasteiger partial charge in [-0.1, -0.05) is 54.6 Å². The Kier molecular flexibility index (Phi) is 4.66. The average Bonchev–Trinajstić information content (AvgIpc) is 3.02. The van der Waals surface area contributed by atoms with Gasteiger partial charge in [0.05, 0.1) is 18.3 Å². The first kappa shape index (κ1) is 14.5. The highest BCUT2D eigenvalue weighted by molar-refractivity contribution is 5.89. The minimum Gasteiger partial charge on any atom is -0.454 e. The second-order valence-electron chi connectivity index (χ2n) is 5.27. The standard InChI is InChI=1S/C19H18O3/c20-19(16-9-5-2-6-10-16)22-18-12-11-17(13-18)21-14-15-7-3-1-4-8-15/h1-12,17-18H,13-14H2/t17-,18+/m1/s1. The summed E-state index contributed by atoms with van der Waals surface area (Å²) in [6.07, 6.45) is 4.32. The second kappa shape index (κ2) is 7.05. The van der Waals surface area contributed by atoms with Gasteiger partial charge >= 0.3 is 5.97 Å². The first-order valence-corrected chi connectivity index (χ1v) is 7.41. The summed E-state index contributed by atoms with van der Waals surface area (Å²) in [5.41, 5.74) is 1.71. The van der Waals surface area contributed by atoms with Crippen LogP contribution < -0.4 is 0 Å². The van der Waals surface area contributed by atoms with E-state index < -0.39 is 0 Å². The Bertz CT molecular complexity index is 634. The van der Waals surface area contributed by atoms with Crippen molar-refractivity contribution in [3.05, 3.63) is 83.9 Å². The molecule has 2 aromatic carbocycles. The Morgan fingerprint density at radius 3 is 2.27 bits per heavy atom. The number of hydrogen-bond acceptors (Lipinski definition) is 3. The molecule has 2 aromatic rings.